The monoisotopic (exact) mass is 551 g/mol. The van der Waals surface area contributed by atoms with Crippen molar-refractivity contribution in [1.29, 1.82) is 5.26 Å². The number of carbonyl (C=O) groups is 2. The molecule has 2 aromatic rings. The third kappa shape index (κ3) is 4.12. The maximum Gasteiger partial charge on any atom is 0.417 e. The number of nitriles is 1. The lowest BCUT2D eigenvalue weighted by Crippen LogP contribution is -2.44. The minimum atomic E-state index is -5.04. The number of rotatable bonds is 7. The van der Waals surface area contributed by atoms with Gasteiger partial charge in [0.15, 0.2) is 9.84 Å². The highest BCUT2D eigenvalue weighted by molar-refractivity contribution is 7.92. The van der Waals surface area contributed by atoms with Crippen molar-refractivity contribution in [2.75, 3.05) is 7.11 Å². The first-order valence-electron chi connectivity index (χ1n) is 11.5. The molecule has 1 heterocycles. The van der Waals surface area contributed by atoms with Gasteiger partial charge in [-0.15, -0.1) is 0 Å². The zero-order chi connectivity index (χ0) is 28.3. The molecule has 2 saturated carbocycles. The van der Waals surface area contributed by atoms with Gasteiger partial charge in [0, 0.05) is 24.9 Å². The first-order chi connectivity index (χ1) is 17.6. The second-order valence-corrected chi connectivity index (χ2v) is 12.0. The molecule has 0 bridgehead atoms. The first-order valence-corrected chi connectivity index (χ1v) is 13.0. The molecule has 1 aromatic heterocycles. The van der Waals surface area contributed by atoms with Gasteiger partial charge in [-0.1, -0.05) is 6.07 Å². The quantitative estimate of drug-likeness (QED) is 0.531. The predicted molar refractivity (Wildman–Crippen MR) is 126 cm³/mol. The van der Waals surface area contributed by atoms with Gasteiger partial charge in [0.2, 0.25) is 5.91 Å². The van der Waals surface area contributed by atoms with Gasteiger partial charge in [-0.05, 0) is 61.6 Å². The van der Waals surface area contributed by atoms with Crippen molar-refractivity contribution in [3.8, 4) is 17.2 Å². The molecule has 0 saturated heterocycles. The van der Waals surface area contributed by atoms with E-state index in [-0.39, 0.29) is 12.0 Å². The van der Waals surface area contributed by atoms with Crippen molar-refractivity contribution in [2.24, 2.45) is 22.5 Å². The van der Waals surface area contributed by atoms with Crippen LogP contribution in [-0.4, -0.2) is 48.8 Å². The number of methoxy groups -OCH3 is 1. The number of carboxylic acids is 1. The highest BCUT2D eigenvalue weighted by Gasteiger charge is 2.75. The topological polar surface area (TPSA) is 160 Å². The number of nitrogens with two attached hydrogens (primary N) is 1. The zero-order valence-corrected chi connectivity index (χ0v) is 21.1. The highest BCUT2D eigenvalue weighted by Crippen LogP contribution is 2.66. The molecule has 13 heteroatoms. The number of halogens is 3. The smallest absolute Gasteiger partial charge is 0.417 e. The summed E-state index contributed by atoms with van der Waals surface area (Å²) >= 11 is 0. The lowest BCUT2D eigenvalue weighted by molar-refractivity contribution is -0.159. The SMILES string of the molecule is CO[C@H]1C[C@@H](S(=O)(=O)c2ccc(-c3ccnc(C)c3)cc2C(F)(F)F)C[C@]1(C(=O)O)C1CC1(C#N)C(N)=O. The molecule has 38 heavy (non-hydrogen) atoms. The van der Waals surface area contributed by atoms with Crippen LogP contribution >= 0.6 is 0 Å². The summed E-state index contributed by atoms with van der Waals surface area (Å²) in [5.74, 6) is -3.71. The average Bonchev–Trinajstić information content (AvgIpc) is 3.48. The first kappa shape index (κ1) is 27.5. The Morgan fingerprint density at radius 1 is 1.21 bits per heavy atom. The van der Waals surface area contributed by atoms with Crippen LogP contribution in [0, 0.1) is 35.0 Å². The normalized spacial score (nSPS) is 29.0. The van der Waals surface area contributed by atoms with Crippen LogP contribution in [0.25, 0.3) is 11.1 Å². The molecule has 9 nitrogen and oxygen atoms in total. The number of primary amides is 1. The van der Waals surface area contributed by atoms with E-state index in [1.54, 1.807) is 19.1 Å². The van der Waals surface area contributed by atoms with Gasteiger partial charge in [-0.25, -0.2) is 8.42 Å². The van der Waals surface area contributed by atoms with E-state index in [1.807, 2.05) is 0 Å². The van der Waals surface area contributed by atoms with E-state index >= 15 is 0 Å². The van der Waals surface area contributed by atoms with E-state index in [0.29, 0.717) is 11.3 Å². The minimum absolute atomic E-state index is 0.126. The van der Waals surface area contributed by atoms with Crippen molar-refractivity contribution in [2.45, 2.75) is 48.6 Å². The maximum absolute atomic E-state index is 14.2. The van der Waals surface area contributed by atoms with Crippen LogP contribution in [0.3, 0.4) is 0 Å². The van der Waals surface area contributed by atoms with Gasteiger partial charge in [0.25, 0.3) is 0 Å². The molecule has 0 spiro atoms. The summed E-state index contributed by atoms with van der Waals surface area (Å²) in [6, 6.07) is 7.65. The molecule has 2 unspecified atom stereocenters. The number of alkyl halides is 3. The van der Waals surface area contributed by atoms with Crippen LogP contribution in [0.15, 0.2) is 41.4 Å². The summed E-state index contributed by atoms with van der Waals surface area (Å²) in [4.78, 5) is 27.5. The molecule has 202 valence electrons. The van der Waals surface area contributed by atoms with Gasteiger partial charge < -0.3 is 15.6 Å². The maximum atomic E-state index is 14.2. The summed E-state index contributed by atoms with van der Waals surface area (Å²) in [7, 11) is -3.61. The van der Waals surface area contributed by atoms with Crippen LogP contribution in [0.4, 0.5) is 13.2 Å². The number of nitrogens with zero attached hydrogens (tertiary/aromatic N) is 2. The fraction of sp³-hybridized carbons (Fsp3) is 0.440. The summed E-state index contributed by atoms with van der Waals surface area (Å²) < 4.78 is 75.1. The van der Waals surface area contributed by atoms with Gasteiger partial charge in [-0.2, -0.15) is 18.4 Å². The van der Waals surface area contributed by atoms with E-state index in [1.165, 1.54) is 18.3 Å². The molecular weight excluding hydrogens is 527 g/mol. The predicted octanol–water partition coefficient (Wildman–Crippen LogP) is 3.11. The van der Waals surface area contributed by atoms with E-state index in [4.69, 9.17) is 10.5 Å². The van der Waals surface area contributed by atoms with Crippen LogP contribution in [-0.2, 0) is 30.3 Å². The lowest BCUT2D eigenvalue weighted by atomic mass is 9.75. The van der Waals surface area contributed by atoms with Crippen molar-refractivity contribution in [3.63, 3.8) is 0 Å². The lowest BCUT2D eigenvalue weighted by Gasteiger charge is -2.31. The molecule has 1 aromatic carbocycles. The number of aromatic nitrogens is 1. The number of carboxylic acid groups (broad SMARTS) is 1. The standard InChI is InChI=1S/C25H24F3N3O6S/c1-13-7-15(5-6-31-13)14-3-4-18(17(8-14)25(26,27)28)38(35,36)16-9-20(37-2)24(10-16,22(33)34)19-11-23(19,12-29)21(30)32/h3-8,16,19-20H,9-11H2,1-2H3,(H2,30,32)(H,33,34)/t16-,19?,20+,23?,24+/m1/s1. The second kappa shape index (κ2) is 9.06. The van der Waals surface area contributed by atoms with Crippen molar-refractivity contribution in [1.82, 2.24) is 4.98 Å². The number of pyridine rings is 1. The fourth-order valence-electron chi connectivity index (χ4n) is 5.74. The van der Waals surface area contributed by atoms with Gasteiger partial charge in [0.1, 0.15) is 10.8 Å². The molecule has 0 radical (unpaired) electrons. The molecule has 3 N–H and O–H groups in total. The Balaban J connectivity index is 1.80. The summed E-state index contributed by atoms with van der Waals surface area (Å²) in [6.07, 6.45) is -6.21. The Hall–Kier alpha value is -3.50. The Morgan fingerprint density at radius 3 is 2.37 bits per heavy atom. The summed E-state index contributed by atoms with van der Waals surface area (Å²) in [5.41, 5.74) is 1.22. The number of hydrogen-bond acceptors (Lipinski definition) is 7. The average molecular weight is 552 g/mol. The van der Waals surface area contributed by atoms with Gasteiger partial charge in [-0.3, -0.25) is 14.6 Å². The summed E-state index contributed by atoms with van der Waals surface area (Å²) in [6.45, 7) is 1.66. The third-order valence-electron chi connectivity index (χ3n) is 7.78. The Bertz CT molecular complexity index is 1470. The number of aliphatic carboxylic acids is 1. The zero-order valence-electron chi connectivity index (χ0n) is 20.3. The molecule has 4 rings (SSSR count). The number of carbonyl (C=O) groups excluding carboxylic acids is 1. The number of hydrogen-bond donors (Lipinski definition) is 2. The Kier molecular flexibility index (Phi) is 6.56. The van der Waals surface area contributed by atoms with Crippen molar-refractivity contribution < 1.29 is 41.0 Å². The van der Waals surface area contributed by atoms with Gasteiger partial charge in [0.05, 0.1) is 27.9 Å². The van der Waals surface area contributed by atoms with E-state index < -0.39 is 79.3 Å². The molecule has 2 fully saturated rings. The van der Waals surface area contributed by atoms with Crippen molar-refractivity contribution >= 4 is 21.7 Å². The van der Waals surface area contributed by atoms with Crippen LogP contribution in [0.2, 0.25) is 0 Å². The number of benzene rings is 1. The summed E-state index contributed by atoms with van der Waals surface area (Å²) in [5, 5.41) is 18.2. The number of aryl methyl sites for hydroxylation is 1. The van der Waals surface area contributed by atoms with Gasteiger partial charge >= 0.3 is 12.1 Å². The molecular formula is C25H24F3N3O6S. The van der Waals surface area contributed by atoms with E-state index in [9.17, 15) is 41.5 Å². The van der Waals surface area contributed by atoms with Crippen LogP contribution < -0.4 is 5.73 Å². The number of sulfone groups is 1. The third-order valence-corrected chi connectivity index (χ3v) is 9.99. The molecule has 2 aliphatic carbocycles. The molecule has 5 atom stereocenters. The fourth-order valence-corrected chi connectivity index (χ4v) is 7.77. The van der Waals surface area contributed by atoms with Crippen LogP contribution in [0.1, 0.15) is 30.5 Å². The Labute approximate surface area is 216 Å². The Morgan fingerprint density at radius 2 is 1.87 bits per heavy atom. The molecule has 1 amide bonds. The highest BCUT2D eigenvalue weighted by atomic mass is 32.2. The second-order valence-electron chi connectivity index (χ2n) is 9.78. The minimum Gasteiger partial charge on any atom is -0.481 e. The van der Waals surface area contributed by atoms with Crippen molar-refractivity contribution in [3.05, 3.63) is 47.8 Å². The number of ether oxygens (including phenoxy) is 1. The number of amides is 1. The van der Waals surface area contributed by atoms with E-state index in [0.717, 1.165) is 19.2 Å². The van der Waals surface area contributed by atoms with E-state index in [2.05, 4.69) is 4.98 Å². The van der Waals surface area contributed by atoms with Crippen LogP contribution in [0.5, 0.6) is 0 Å². The largest absolute Gasteiger partial charge is 0.481 e. The molecule has 0 aliphatic heterocycles. The molecule has 2 aliphatic rings.